The molecule has 4 heteroatoms. The van der Waals surface area contributed by atoms with Crippen molar-refractivity contribution in [3.05, 3.63) is 29.0 Å². The lowest BCUT2D eigenvalue weighted by atomic mass is 9.99. The van der Waals surface area contributed by atoms with Crippen LogP contribution in [-0.4, -0.2) is 21.9 Å². The molecule has 2 atom stereocenters. The molecule has 0 aromatic carbocycles. The van der Waals surface area contributed by atoms with Crippen LogP contribution in [-0.2, 0) is 6.42 Å². The number of rotatable bonds is 2. The largest absolute Gasteiger partial charge is 0.263 e. The van der Waals surface area contributed by atoms with Crippen LogP contribution >= 0.6 is 35.0 Å². The van der Waals surface area contributed by atoms with Gasteiger partial charge in [-0.2, -0.15) is 11.8 Å². The summed E-state index contributed by atoms with van der Waals surface area (Å²) >= 11 is 14.2. The van der Waals surface area contributed by atoms with Crippen LogP contribution in [0.3, 0.4) is 0 Å². The van der Waals surface area contributed by atoms with Gasteiger partial charge in [0.25, 0.3) is 0 Å². The van der Waals surface area contributed by atoms with Crippen molar-refractivity contribution in [2.24, 2.45) is 5.92 Å². The Morgan fingerprint density at radius 2 is 2.36 bits per heavy atom. The molecule has 0 saturated carbocycles. The van der Waals surface area contributed by atoms with E-state index in [4.69, 9.17) is 23.2 Å². The first-order valence-electron chi connectivity index (χ1n) is 4.57. The van der Waals surface area contributed by atoms with Gasteiger partial charge in [-0.1, -0.05) is 11.6 Å². The van der Waals surface area contributed by atoms with Crippen molar-refractivity contribution in [1.82, 2.24) is 4.98 Å². The molecule has 1 saturated heterocycles. The first-order chi connectivity index (χ1) is 6.77. The summed E-state index contributed by atoms with van der Waals surface area (Å²) in [6.45, 7) is 0. The van der Waals surface area contributed by atoms with Crippen LogP contribution in [0.2, 0.25) is 5.02 Å². The lowest BCUT2D eigenvalue weighted by Crippen LogP contribution is -2.14. The Bertz CT molecular complexity index is 319. The fraction of sp³-hybridized carbons (Fsp3) is 0.500. The molecule has 1 aliphatic rings. The van der Waals surface area contributed by atoms with E-state index in [0.717, 1.165) is 22.9 Å². The van der Waals surface area contributed by atoms with Gasteiger partial charge in [-0.3, -0.25) is 4.98 Å². The maximum Gasteiger partial charge on any atom is 0.0621 e. The van der Waals surface area contributed by atoms with Gasteiger partial charge < -0.3 is 0 Å². The summed E-state index contributed by atoms with van der Waals surface area (Å²) in [4.78, 5) is 3.97. The van der Waals surface area contributed by atoms with Crippen molar-refractivity contribution < 1.29 is 0 Å². The minimum atomic E-state index is 0.296. The van der Waals surface area contributed by atoms with Crippen molar-refractivity contribution in [3.63, 3.8) is 0 Å². The highest BCUT2D eigenvalue weighted by molar-refractivity contribution is 7.99. The molecule has 2 heterocycles. The zero-order valence-electron chi connectivity index (χ0n) is 7.62. The Morgan fingerprint density at radius 1 is 1.50 bits per heavy atom. The van der Waals surface area contributed by atoms with Gasteiger partial charge >= 0.3 is 0 Å². The van der Waals surface area contributed by atoms with Crippen molar-refractivity contribution in [1.29, 1.82) is 0 Å². The van der Waals surface area contributed by atoms with Crippen molar-refractivity contribution in [2.75, 3.05) is 11.5 Å². The van der Waals surface area contributed by atoms with E-state index in [9.17, 15) is 0 Å². The molecule has 1 nitrogen and oxygen atoms in total. The van der Waals surface area contributed by atoms with E-state index < -0.39 is 0 Å². The van der Waals surface area contributed by atoms with Crippen LogP contribution < -0.4 is 0 Å². The standard InChI is InChI=1S/C10H11Cl2NS/c11-9-4-13-2-1-7(9)3-8-5-14-6-10(8)12/h1-2,4,8,10H,3,5-6H2. The molecule has 0 spiro atoms. The van der Waals surface area contributed by atoms with Gasteiger partial charge in [-0.15, -0.1) is 11.6 Å². The number of pyridine rings is 1. The molecule has 14 heavy (non-hydrogen) atoms. The molecule has 76 valence electrons. The number of hydrogen-bond donors (Lipinski definition) is 0. The Kier molecular flexibility index (Phi) is 3.58. The second-order valence-corrected chi connectivity index (χ2v) is 5.53. The SMILES string of the molecule is Clc1cnccc1CC1CSCC1Cl. The van der Waals surface area contributed by atoms with E-state index in [-0.39, 0.29) is 0 Å². The van der Waals surface area contributed by atoms with Crippen molar-refractivity contribution >= 4 is 35.0 Å². The number of hydrogen-bond acceptors (Lipinski definition) is 2. The van der Waals surface area contributed by atoms with E-state index in [1.165, 1.54) is 5.56 Å². The van der Waals surface area contributed by atoms with Crippen LogP contribution in [0.5, 0.6) is 0 Å². The first kappa shape index (κ1) is 10.6. The molecule has 0 radical (unpaired) electrons. The van der Waals surface area contributed by atoms with Crippen LogP contribution in [0.4, 0.5) is 0 Å². The highest BCUT2D eigenvalue weighted by Gasteiger charge is 2.26. The quantitative estimate of drug-likeness (QED) is 0.745. The fourth-order valence-corrected chi connectivity index (χ4v) is 3.65. The number of halogens is 2. The third-order valence-corrected chi connectivity index (χ3v) is 4.75. The Hall–Kier alpha value is 0.0800. The predicted octanol–water partition coefficient (Wildman–Crippen LogP) is 3.25. The zero-order valence-corrected chi connectivity index (χ0v) is 9.95. The molecule has 1 aromatic heterocycles. The molecule has 0 bridgehead atoms. The number of nitrogens with zero attached hydrogens (tertiary/aromatic N) is 1. The van der Waals surface area contributed by atoms with Crippen LogP contribution in [0.25, 0.3) is 0 Å². The Morgan fingerprint density at radius 3 is 3.00 bits per heavy atom. The number of thioether (sulfide) groups is 1. The lowest BCUT2D eigenvalue weighted by molar-refractivity contribution is 0.603. The monoisotopic (exact) mass is 247 g/mol. The van der Waals surface area contributed by atoms with E-state index in [2.05, 4.69) is 4.98 Å². The fourth-order valence-electron chi connectivity index (χ4n) is 1.61. The van der Waals surface area contributed by atoms with Gasteiger partial charge in [0, 0.05) is 23.5 Å². The van der Waals surface area contributed by atoms with Crippen molar-refractivity contribution in [3.8, 4) is 0 Å². The molecule has 1 aromatic rings. The smallest absolute Gasteiger partial charge is 0.0621 e. The molecule has 0 aliphatic carbocycles. The summed E-state index contributed by atoms with van der Waals surface area (Å²) in [6, 6.07) is 1.98. The summed E-state index contributed by atoms with van der Waals surface area (Å²) in [7, 11) is 0. The summed E-state index contributed by atoms with van der Waals surface area (Å²) in [5, 5.41) is 1.05. The van der Waals surface area contributed by atoms with Gasteiger partial charge in [0.15, 0.2) is 0 Å². The molecular weight excluding hydrogens is 237 g/mol. The molecule has 2 unspecified atom stereocenters. The molecule has 0 N–H and O–H groups in total. The van der Waals surface area contributed by atoms with Crippen LogP contribution in [0, 0.1) is 5.92 Å². The average Bonchev–Trinajstić information content (AvgIpc) is 2.56. The second kappa shape index (κ2) is 4.73. The van der Waals surface area contributed by atoms with E-state index in [1.807, 2.05) is 17.8 Å². The highest BCUT2D eigenvalue weighted by Crippen LogP contribution is 2.32. The molecule has 1 fully saturated rings. The Labute approximate surface area is 98.2 Å². The summed E-state index contributed by atoms with van der Waals surface area (Å²) in [5.41, 5.74) is 1.17. The van der Waals surface area contributed by atoms with Gasteiger partial charge in [0.05, 0.1) is 5.02 Å². The lowest BCUT2D eigenvalue weighted by Gasteiger charge is -2.13. The number of aromatic nitrogens is 1. The summed E-state index contributed by atoms with van der Waals surface area (Å²) in [6.07, 6.45) is 4.46. The topological polar surface area (TPSA) is 12.9 Å². The summed E-state index contributed by atoms with van der Waals surface area (Å²) in [5.74, 6) is 2.77. The molecule has 2 rings (SSSR count). The van der Waals surface area contributed by atoms with Crippen molar-refractivity contribution in [2.45, 2.75) is 11.8 Å². The summed E-state index contributed by atoms with van der Waals surface area (Å²) < 4.78 is 0. The molecule has 1 aliphatic heterocycles. The third kappa shape index (κ3) is 2.36. The van der Waals surface area contributed by atoms with Crippen LogP contribution in [0.15, 0.2) is 18.5 Å². The maximum atomic E-state index is 6.20. The minimum absolute atomic E-state index is 0.296. The predicted molar refractivity (Wildman–Crippen MR) is 63.4 cm³/mol. The average molecular weight is 248 g/mol. The Balaban J connectivity index is 2.07. The highest BCUT2D eigenvalue weighted by atomic mass is 35.5. The second-order valence-electron chi connectivity index (χ2n) is 3.48. The maximum absolute atomic E-state index is 6.20. The van der Waals surface area contributed by atoms with E-state index in [0.29, 0.717) is 11.3 Å². The van der Waals surface area contributed by atoms with Gasteiger partial charge in [0.2, 0.25) is 0 Å². The van der Waals surface area contributed by atoms with E-state index >= 15 is 0 Å². The first-order valence-corrected chi connectivity index (χ1v) is 6.54. The molecular formula is C10H11Cl2NS. The van der Waals surface area contributed by atoms with Gasteiger partial charge in [0.1, 0.15) is 0 Å². The minimum Gasteiger partial charge on any atom is -0.263 e. The van der Waals surface area contributed by atoms with Gasteiger partial charge in [-0.25, -0.2) is 0 Å². The molecule has 0 amide bonds. The number of alkyl halides is 1. The third-order valence-electron chi connectivity index (χ3n) is 2.46. The van der Waals surface area contributed by atoms with E-state index in [1.54, 1.807) is 12.4 Å². The van der Waals surface area contributed by atoms with Crippen LogP contribution in [0.1, 0.15) is 5.56 Å². The van der Waals surface area contributed by atoms with Gasteiger partial charge in [-0.05, 0) is 29.7 Å². The zero-order chi connectivity index (χ0) is 9.97. The normalized spacial score (nSPS) is 26.7.